The van der Waals surface area contributed by atoms with Crippen molar-refractivity contribution in [3.63, 3.8) is 0 Å². The van der Waals surface area contributed by atoms with Crippen LogP contribution < -0.4 is 4.74 Å². The minimum absolute atomic E-state index is 0.286. The van der Waals surface area contributed by atoms with Gasteiger partial charge in [-0.05, 0) is 50.1 Å². The van der Waals surface area contributed by atoms with Gasteiger partial charge in [0, 0.05) is 23.7 Å². The number of hydrogen-bond donors (Lipinski definition) is 1. The molecule has 1 heterocycles. The molecule has 0 spiro atoms. The normalized spacial score (nSPS) is 20.4. The van der Waals surface area contributed by atoms with Gasteiger partial charge in [0.25, 0.3) is 0 Å². The van der Waals surface area contributed by atoms with Gasteiger partial charge in [0.1, 0.15) is 12.4 Å². The van der Waals surface area contributed by atoms with E-state index in [4.69, 9.17) is 9.84 Å². The molecule has 4 heteroatoms. The number of halogens is 1. The molecule has 1 N–H and O–H groups in total. The van der Waals surface area contributed by atoms with Crippen molar-refractivity contribution in [2.45, 2.75) is 31.7 Å². The molecule has 0 saturated carbocycles. The van der Waals surface area contributed by atoms with Crippen molar-refractivity contribution >= 4 is 15.9 Å². The highest BCUT2D eigenvalue weighted by Gasteiger charge is 2.21. The van der Waals surface area contributed by atoms with Crippen molar-refractivity contribution in [3.05, 3.63) is 28.7 Å². The van der Waals surface area contributed by atoms with E-state index in [1.807, 2.05) is 24.3 Å². The molecule has 1 aliphatic heterocycles. The van der Waals surface area contributed by atoms with Gasteiger partial charge in [-0.1, -0.05) is 22.4 Å². The van der Waals surface area contributed by atoms with E-state index < -0.39 is 0 Å². The molecule has 1 unspecified atom stereocenters. The summed E-state index contributed by atoms with van der Waals surface area (Å²) in [4.78, 5) is 2.46. The van der Waals surface area contributed by atoms with E-state index in [2.05, 4.69) is 20.8 Å². The van der Waals surface area contributed by atoms with Gasteiger partial charge in [0.15, 0.2) is 0 Å². The van der Waals surface area contributed by atoms with Gasteiger partial charge in [0.05, 0.1) is 0 Å². The first-order chi connectivity index (χ1) is 9.29. The maximum absolute atomic E-state index is 9.10. The lowest BCUT2D eigenvalue weighted by Gasteiger charge is -2.35. The fourth-order valence-electron chi connectivity index (χ4n) is 2.64. The molecule has 3 nitrogen and oxygen atoms in total. The lowest BCUT2D eigenvalue weighted by atomic mass is 10.00. The number of ether oxygens (including phenoxy) is 1. The monoisotopic (exact) mass is 327 g/mol. The topological polar surface area (TPSA) is 32.7 Å². The van der Waals surface area contributed by atoms with E-state index in [1.165, 1.54) is 19.3 Å². The van der Waals surface area contributed by atoms with Crippen molar-refractivity contribution in [2.75, 3.05) is 26.3 Å². The minimum Gasteiger partial charge on any atom is -0.492 e. The molecule has 0 aliphatic carbocycles. The predicted molar refractivity (Wildman–Crippen MR) is 80.6 cm³/mol. The molecular weight excluding hydrogens is 306 g/mol. The van der Waals surface area contributed by atoms with E-state index in [9.17, 15) is 0 Å². The first kappa shape index (κ1) is 14.8. The molecular formula is C15H22BrNO2. The maximum atomic E-state index is 9.10. The first-order valence-corrected chi connectivity index (χ1v) is 7.82. The van der Waals surface area contributed by atoms with Crippen LogP contribution >= 0.6 is 15.9 Å². The molecule has 0 aromatic heterocycles. The summed E-state index contributed by atoms with van der Waals surface area (Å²) in [6.07, 6.45) is 4.64. The molecule has 0 bridgehead atoms. The number of likely N-dealkylation sites (tertiary alicyclic amines) is 1. The highest BCUT2D eigenvalue weighted by atomic mass is 79.9. The van der Waals surface area contributed by atoms with E-state index in [-0.39, 0.29) is 6.61 Å². The van der Waals surface area contributed by atoms with Gasteiger partial charge in [-0.3, -0.25) is 4.90 Å². The third-order valence-electron chi connectivity index (χ3n) is 3.67. The van der Waals surface area contributed by atoms with Crippen LogP contribution in [-0.4, -0.2) is 42.4 Å². The number of rotatable bonds is 6. The molecule has 0 amide bonds. The molecule has 106 valence electrons. The predicted octanol–water partition coefficient (Wildman–Crippen LogP) is 3.06. The van der Waals surface area contributed by atoms with Crippen LogP contribution in [0.15, 0.2) is 28.7 Å². The maximum Gasteiger partial charge on any atom is 0.119 e. The third kappa shape index (κ3) is 4.79. The Hall–Kier alpha value is -0.580. The van der Waals surface area contributed by atoms with Crippen LogP contribution in [0.1, 0.15) is 25.7 Å². The van der Waals surface area contributed by atoms with Crippen LogP contribution in [0.2, 0.25) is 0 Å². The number of benzene rings is 1. The summed E-state index contributed by atoms with van der Waals surface area (Å²) in [5, 5.41) is 9.10. The molecule has 1 aromatic rings. The van der Waals surface area contributed by atoms with Crippen molar-refractivity contribution < 1.29 is 9.84 Å². The van der Waals surface area contributed by atoms with Crippen LogP contribution in [0.5, 0.6) is 5.75 Å². The lowest BCUT2D eigenvalue weighted by molar-refractivity contribution is 0.102. The second-order valence-electron chi connectivity index (χ2n) is 5.00. The van der Waals surface area contributed by atoms with Gasteiger partial charge >= 0.3 is 0 Å². The average Bonchev–Trinajstić information content (AvgIpc) is 2.43. The molecule has 2 rings (SSSR count). The lowest BCUT2D eigenvalue weighted by Crippen LogP contribution is -2.42. The Balaban J connectivity index is 1.75. The third-order valence-corrected chi connectivity index (χ3v) is 4.20. The number of nitrogens with zero attached hydrogens (tertiary/aromatic N) is 1. The smallest absolute Gasteiger partial charge is 0.119 e. The molecule has 1 aliphatic rings. The molecule has 1 aromatic carbocycles. The van der Waals surface area contributed by atoms with Crippen molar-refractivity contribution in [1.82, 2.24) is 4.90 Å². The summed E-state index contributed by atoms with van der Waals surface area (Å²) in [6, 6.07) is 8.47. The standard InChI is InChI=1S/C15H22BrNO2/c16-13-4-6-15(7-5-13)19-12-10-17-9-2-1-3-14(17)8-11-18/h4-7,14,18H,1-3,8-12H2. The van der Waals surface area contributed by atoms with E-state index in [0.29, 0.717) is 12.6 Å². The molecule has 0 radical (unpaired) electrons. The van der Waals surface area contributed by atoms with Crippen LogP contribution in [0.25, 0.3) is 0 Å². The second kappa shape index (κ2) is 7.88. The summed E-state index contributed by atoms with van der Waals surface area (Å²) in [5.41, 5.74) is 0. The Morgan fingerprint density at radius 2 is 2.05 bits per heavy atom. The van der Waals surface area contributed by atoms with Crippen LogP contribution in [0.4, 0.5) is 0 Å². The highest BCUT2D eigenvalue weighted by Crippen LogP contribution is 2.20. The van der Waals surface area contributed by atoms with Gasteiger partial charge in [-0.25, -0.2) is 0 Å². The van der Waals surface area contributed by atoms with Crippen molar-refractivity contribution in [1.29, 1.82) is 0 Å². The van der Waals surface area contributed by atoms with Gasteiger partial charge in [0.2, 0.25) is 0 Å². The summed E-state index contributed by atoms with van der Waals surface area (Å²) in [6.45, 7) is 3.08. The van der Waals surface area contributed by atoms with Crippen LogP contribution in [-0.2, 0) is 0 Å². The zero-order valence-corrected chi connectivity index (χ0v) is 12.8. The SMILES string of the molecule is OCCC1CCCCN1CCOc1ccc(Br)cc1. The molecule has 1 atom stereocenters. The molecule has 1 saturated heterocycles. The van der Waals surface area contributed by atoms with E-state index in [0.717, 1.165) is 29.7 Å². The van der Waals surface area contributed by atoms with Crippen LogP contribution in [0.3, 0.4) is 0 Å². The van der Waals surface area contributed by atoms with Gasteiger partial charge in [-0.15, -0.1) is 0 Å². The molecule has 19 heavy (non-hydrogen) atoms. The van der Waals surface area contributed by atoms with Gasteiger partial charge in [-0.2, -0.15) is 0 Å². The summed E-state index contributed by atoms with van der Waals surface area (Å²) < 4.78 is 6.83. The van der Waals surface area contributed by atoms with Crippen molar-refractivity contribution in [3.8, 4) is 5.75 Å². The summed E-state index contributed by atoms with van der Waals surface area (Å²) in [5.74, 6) is 0.916. The van der Waals surface area contributed by atoms with E-state index in [1.54, 1.807) is 0 Å². The average molecular weight is 328 g/mol. The molecule has 1 fully saturated rings. The Morgan fingerprint density at radius 3 is 2.79 bits per heavy atom. The number of aliphatic hydroxyl groups is 1. The Morgan fingerprint density at radius 1 is 1.26 bits per heavy atom. The first-order valence-electron chi connectivity index (χ1n) is 7.03. The summed E-state index contributed by atoms with van der Waals surface area (Å²) in [7, 11) is 0. The Kier molecular flexibility index (Phi) is 6.14. The summed E-state index contributed by atoms with van der Waals surface area (Å²) >= 11 is 3.41. The van der Waals surface area contributed by atoms with E-state index >= 15 is 0 Å². The van der Waals surface area contributed by atoms with Crippen molar-refractivity contribution in [2.24, 2.45) is 0 Å². The highest BCUT2D eigenvalue weighted by molar-refractivity contribution is 9.10. The zero-order chi connectivity index (χ0) is 13.5. The number of aliphatic hydroxyl groups excluding tert-OH is 1. The quantitative estimate of drug-likeness (QED) is 0.871. The fraction of sp³-hybridized carbons (Fsp3) is 0.600. The minimum atomic E-state index is 0.286. The van der Waals surface area contributed by atoms with Gasteiger partial charge < -0.3 is 9.84 Å². The Labute approximate surface area is 123 Å². The van der Waals surface area contributed by atoms with Crippen LogP contribution in [0, 0.1) is 0 Å². The zero-order valence-electron chi connectivity index (χ0n) is 11.2. The Bertz CT molecular complexity index is 367. The number of piperidine rings is 1. The largest absolute Gasteiger partial charge is 0.492 e. The number of hydrogen-bond acceptors (Lipinski definition) is 3. The second-order valence-corrected chi connectivity index (χ2v) is 5.92. The fourth-order valence-corrected chi connectivity index (χ4v) is 2.91.